The lowest BCUT2D eigenvalue weighted by Gasteiger charge is -2.30. The summed E-state index contributed by atoms with van der Waals surface area (Å²) >= 11 is 0. The number of nitrogens with zero attached hydrogens (tertiary/aromatic N) is 1. The third-order valence-electron chi connectivity index (χ3n) is 4.19. The van der Waals surface area contributed by atoms with Crippen molar-refractivity contribution in [3.8, 4) is 0 Å². The van der Waals surface area contributed by atoms with Crippen LogP contribution in [0.25, 0.3) is 6.08 Å². The Bertz CT molecular complexity index is 424. The molecule has 1 aromatic carbocycles. The van der Waals surface area contributed by atoms with Crippen molar-refractivity contribution < 1.29 is 0 Å². The molecule has 1 N–H and O–H groups in total. The van der Waals surface area contributed by atoms with Gasteiger partial charge in [-0.3, -0.25) is 0 Å². The Labute approximate surface area is 130 Å². The molecule has 1 aliphatic heterocycles. The fourth-order valence-electron chi connectivity index (χ4n) is 3.09. The van der Waals surface area contributed by atoms with Crippen LogP contribution >= 0.6 is 0 Å². The summed E-state index contributed by atoms with van der Waals surface area (Å²) < 4.78 is 0. The summed E-state index contributed by atoms with van der Waals surface area (Å²) in [6.45, 7) is 10.5. The maximum Gasteiger partial charge on any atom is 0.0165 e. The normalized spacial score (nSPS) is 20.7. The van der Waals surface area contributed by atoms with E-state index in [4.69, 9.17) is 0 Å². The van der Waals surface area contributed by atoms with Crippen LogP contribution in [0, 0.1) is 5.92 Å². The molecule has 0 amide bonds. The first-order valence-corrected chi connectivity index (χ1v) is 8.39. The highest BCUT2D eigenvalue weighted by Crippen LogP contribution is 2.15. The van der Waals surface area contributed by atoms with Gasteiger partial charge >= 0.3 is 0 Å². The first-order chi connectivity index (χ1) is 10.2. The minimum Gasteiger partial charge on any atom is -0.313 e. The molecule has 0 saturated carbocycles. The largest absolute Gasteiger partial charge is 0.313 e. The van der Waals surface area contributed by atoms with Crippen molar-refractivity contribution in [3.05, 3.63) is 41.5 Å². The smallest absolute Gasteiger partial charge is 0.0165 e. The molecular weight excluding hydrogens is 256 g/mol. The third-order valence-corrected chi connectivity index (χ3v) is 4.19. The number of rotatable bonds is 7. The number of hydrogen-bond donors (Lipinski definition) is 1. The summed E-state index contributed by atoms with van der Waals surface area (Å²) in [4.78, 5) is 2.63. The van der Waals surface area contributed by atoms with Gasteiger partial charge in [-0.2, -0.15) is 0 Å². The van der Waals surface area contributed by atoms with Gasteiger partial charge in [-0.15, -0.1) is 0 Å². The Morgan fingerprint density at radius 2 is 2.14 bits per heavy atom. The fraction of sp³-hybridized carbons (Fsp3) is 0.579. The van der Waals surface area contributed by atoms with Crippen molar-refractivity contribution in [2.75, 3.05) is 32.7 Å². The van der Waals surface area contributed by atoms with E-state index < -0.39 is 0 Å². The van der Waals surface area contributed by atoms with Crippen molar-refractivity contribution in [2.45, 2.75) is 33.1 Å². The second-order valence-corrected chi connectivity index (χ2v) is 6.48. The molecule has 1 atom stereocenters. The van der Waals surface area contributed by atoms with Crippen LogP contribution in [0.15, 0.2) is 35.9 Å². The molecule has 0 radical (unpaired) electrons. The highest BCUT2D eigenvalue weighted by Gasteiger charge is 2.14. The Morgan fingerprint density at radius 1 is 1.33 bits per heavy atom. The van der Waals surface area contributed by atoms with Crippen molar-refractivity contribution in [3.63, 3.8) is 0 Å². The zero-order valence-corrected chi connectivity index (χ0v) is 13.6. The number of piperidine rings is 1. The Kier molecular flexibility index (Phi) is 6.98. The molecule has 21 heavy (non-hydrogen) atoms. The standard InChI is InChI=1S/C19H30N2/c1-17-8-6-12-21(16-17)13-7-11-20-15-18(2)14-19-9-4-3-5-10-19/h3-5,9-10,14,17,20H,6-8,11-13,15-16H2,1-2H3. The first-order valence-electron chi connectivity index (χ1n) is 8.39. The lowest BCUT2D eigenvalue weighted by Crippen LogP contribution is -2.36. The van der Waals surface area contributed by atoms with Crippen LogP contribution in [-0.2, 0) is 0 Å². The van der Waals surface area contributed by atoms with Crippen molar-refractivity contribution in [2.24, 2.45) is 5.92 Å². The summed E-state index contributed by atoms with van der Waals surface area (Å²) in [6, 6.07) is 10.5. The van der Waals surface area contributed by atoms with Crippen LogP contribution in [0.3, 0.4) is 0 Å². The van der Waals surface area contributed by atoms with Gasteiger partial charge in [0.1, 0.15) is 0 Å². The molecular formula is C19H30N2. The van der Waals surface area contributed by atoms with Gasteiger partial charge in [0.2, 0.25) is 0 Å². The number of likely N-dealkylation sites (tertiary alicyclic amines) is 1. The number of nitrogens with one attached hydrogen (secondary N) is 1. The van der Waals surface area contributed by atoms with Crippen LogP contribution in [-0.4, -0.2) is 37.6 Å². The summed E-state index contributed by atoms with van der Waals surface area (Å²) in [5.74, 6) is 0.891. The maximum atomic E-state index is 3.56. The molecule has 2 rings (SSSR count). The van der Waals surface area contributed by atoms with Crippen LogP contribution in [0.1, 0.15) is 38.7 Å². The van der Waals surface area contributed by atoms with Crippen LogP contribution < -0.4 is 5.32 Å². The van der Waals surface area contributed by atoms with Gasteiger partial charge in [-0.25, -0.2) is 0 Å². The van der Waals surface area contributed by atoms with Crippen molar-refractivity contribution >= 4 is 6.08 Å². The van der Waals surface area contributed by atoms with Crippen molar-refractivity contribution in [1.82, 2.24) is 10.2 Å². The molecule has 2 heteroatoms. The molecule has 1 aromatic rings. The van der Waals surface area contributed by atoms with Gasteiger partial charge < -0.3 is 10.2 Å². The molecule has 1 fully saturated rings. The van der Waals surface area contributed by atoms with E-state index in [0.29, 0.717) is 0 Å². The van der Waals surface area contributed by atoms with Crippen LogP contribution in [0.2, 0.25) is 0 Å². The molecule has 1 aliphatic rings. The highest BCUT2D eigenvalue weighted by molar-refractivity contribution is 5.52. The van der Waals surface area contributed by atoms with E-state index in [-0.39, 0.29) is 0 Å². The van der Waals surface area contributed by atoms with Gasteiger partial charge in [-0.1, -0.05) is 48.9 Å². The van der Waals surface area contributed by atoms with E-state index in [1.54, 1.807) is 0 Å². The van der Waals surface area contributed by atoms with Gasteiger partial charge in [0, 0.05) is 13.1 Å². The lowest BCUT2D eigenvalue weighted by atomic mass is 10.0. The van der Waals surface area contributed by atoms with Crippen LogP contribution in [0.5, 0.6) is 0 Å². The van der Waals surface area contributed by atoms with E-state index in [2.05, 4.69) is 60.5 Å². The fourth-order valence-corrected chi connectivity index (χ4v) is 3.09. The van der Waals surface area contributed by atoms with Gasteiger partial charge in [-0.05, 0) is 57.3 Å². The molecule has 1 saturated heterocycles. The Morgan fingerprint density at radius 3 is 2.90 bits per heavy atom. The molecule has 116 valence electrons. The summed E-state index contributed by atoms with van der Waals surface area (Å²) in [6.07, 6.45) is 6.32. The lowest BCUT2D eigenvalue weighted by molar-refractivity contribution is 0.182. The monoisotopic (exact) mass is 286 g/mol. The Balaban J connectivity index is 1.58. The van der Waals surface area contributed by atoms with Gasteiger partial charge in [0.25, 0.3) is 0 Å². The molecule has 1 heterocycles. The number of hydrogen-bond acceptors (Lipinski definition) is 2. The molecule has 0 aliphatic carbocycles. The summed E-state index contributed by atoms with van der Waals surface area (Å²) in [5.41, 5.74) is 2.69. The summed E-state index contributed by atoms with van der Waals surface area (Å²) in [5, 5.41) is 3.56. The highest BCUT2D eigenvalue weighted by atomic mass is 15.1. The minimum absolute atomic E-state index is 0.891. The van der Waals surface area contributed by atoms with E-state index >= 15 is 0 Å². The van der Waals surface area contributed by atoms with Crippen LogP contribution in [0.4, 0.5) is 0 Å². The SMILES string of the molecule is CC(=Cc1ccccc1)CNCCCN1CCCC(C)C1. The predicted molar refractivity (Wildman–Crippen MR) is 92.4 cm³/mol. The second kappa shape index (κ2) is 9.01. The zero-order chi connectivity index (χ0) is 14.9. The van der Waals surface area contributed by atoms with Gasteiger partial charge in [0.05, 0.1) is 0 Å². The average molecular weight is 286 g/mol. The second-order valence-electron chi connectivity index (χ2n) is 6.48. The predicted octanol–water partition coefficient (Wildman–Crippen LogP) is 3.80. The van der Waals surface area contributed by atoms with Crippen molar-refractivity contribution in [1.29, 1.82) is 0 Å². The molecule has 0 aromatic heterocycles. The zero-order valence-electron chi connectivity index (χ0n) is 13.6. The molecule has 0 spiro atoms. The minimum atomic E-state index is 0.891. The molecule has 2 nitrogen and oxygen atoms in total. The molecule has 0 bridgehead atoms. The van der Waals surface area contributed by atoms with E-state index in [9.17, 15) is 0 Å². The summed E-state index contributed by atoms with van der Waals surface area (Å²) in [7, 11) is 0. The molecule has 1 unspecified atom stereocenters. The van der Waals surface area contributed by atoms with Gasteiger partial charge in [0.15, 0.2) is 0 Å². The first kappa shape index (κ1) is 16.3. The topological polar surface area (TPSA) is 15.3 Å². The average Bonchev–Trinajstić information content (AvgIpc) is 2.48. The third kappa shape index (κ3) is 6.45. The van der Waals surface area contributed by atoms with E-state index in [0.717, 1.165) is 19.0 Å². The Hall–Kier alpha value is -1.12. The quantitative estimate of drug-likeness (QED) is 0.767. The maximum absolute atomic E-state index is 3.56. The van der Waals surface area contributed by atoms with E-state index in [1.165, 1.54) is 50.0 Å². The van der Waals surface area contributed by atoms with E-state index in [1.807, 2.05) is 0 Å². The number of benzene rings is 1.